The number of carboxylic acids is 1. The molecule has 20 heavy (non-hydrogen) atoms. The standard InChI is InChI=1S/C12H13NO5S.CH4/c1-7(14)13-9(11(16)17)6-19-12(18)8-4-2-3-5-10(8)15;/h2-5,9,15H,6H2,1H3,(H,13,14)(H,16,17);1H4. The molecule has 0 aromatic heterocycles. The van der Waals surface area contributed by atoms with Crippen LogP contribution in [0, 0.1) is 0 Å². The fourth-order valence-electron chi connectivity index (χ4n) is 1.30. The Morgan fingerprint density at radius 2 is 1.90 bits per heavy atom. The van der Waals surface area contributed by atoms with Gasteiger partial charge < -0.3 is 15.5 Å². The molecule has 0 spiro atoms. The number of carboxylic acid groups (broad SMARTS) is 1. The molecule has 1 aromatic rings. The number of thioether (sulfide) groups is 1. The average Bonchev–Trinajstić information content (AvgIpc) is 2.34. The minimum absolute atomic E-state index is 0. The number of phenolic OH excluding ortho intramolecular Hbond substituents is 1. The minimum atomic E-state index is -1.22. The van der Waals surface area contributed by atoms with Crippen LogP contribution in [0.1, 0.15) is 24.7 Å². The number of rotatable bonds is 5. The number of aliphatic carboxylic acids is 1. The van der Waals surface area contributed by atoms with E-state index in [4.69, 9.17) is 5.11 Å². The van der Waals surface area contributed by atoms with Gasteiger partial charge in [0.05, 0.1) is 5.56 Å². The third kappa shape index (κ3) is 5.31. The molecule has 0 bridgehead atoms. The van der Waals surface area contributed by atoms with Gasteiger partial charge in [0.1, 0.15) is 11.8 Å². The normalized spacial score (nSPS) is 11.1. The number of benzene rings is 1. The van der Waals surface area contributed by atoms with E-state index in [1.165, 1.54) is 19.1 Å². The monoisotopic (exact) mass is 299 g/mol. The molecule has 1 amide bonds. The zero-order valence-corrected chi connectivity index (χ0v) is 10.9. The van der Waals surface area contributed by atoms with Crippen LogP contribution in [0.3, 0.4) is 0 Å². The summed E-state index contributed by atoms with van der Waals surface area (Å²) in [5, 5.41) is 20.1. The number of carbonyl (C=O) groups is 3. The summed E-state index contributed by atoms with van der Waals surface area (Å²) in [4.78, 5) is 33.5. The van der Waals surface area contributed by atoms with Crippen molar-refractivity contribution in [1.29, 1.82) is 0 Å². The molecular weight excluding hydrogens is 282 g/mol. The Balaban J connectivity index is 0.00000361. The number of hydrogen-bond donors (Lipinski definition) is 3. The van der Waals surface area contributed by atoms with E-state index >= 15 is 0 Å². The van der Waals surface area contributed by atoms with Crippen LogP contribution < -0.4 is 5.32 Å². The van der Waals surface area contributed by atoms with Crippen molar-refractivity contribution in [3.8, 4) is 5.75 Å². The van der Waals surface area contributed by atoms with E-state index in [9.17, 15) is 19.5 Å². The molecule has 0 saturated carbocycles. The number of nitrogens with one attached hydrogen (secondary N) is 1. The lowest BCUT2D eigenvalue weighted by atomic mass is 10.2. The van der Waals surface area contributed by atoms with Crippen molar-refractivity contribution in [3.63, 3.8) is 0 Å². The summed E-state index contributed by atoms with van der Waals surface area (Å²) in [5.74, 6) is -1.97. The van der Waals surface area contributed by atoms with Gasteiger partial charge in [-0.15, -0.1) is 0 Å². The fraction of sp³-hybridized carbons (Fsp3) is 0.308. The van der Waals surface area contributed by atoms with E-state index in [1.54, 1.807) is 12.1 Å². The van der Waals surface area contributed by atoms with Crippen molar-refractivity contribution >= 4 is 28.8 Å². The molecule has 3 N–H and O–H groups in total. The number of carbonyl (C=O) groups excluding carboxylic acids is 2. The average molecular weight is 299 g/mol. The van der Waals surface area contributed by atoms with Crippen molar-refractivity contribution in [3.05, 3.63) is 29.8 Å². The molecule has 0 fully saturated rings. The predicted molar refractivity (Wildman–Crippen MR) is 76.9 cm³/mol. The summed E-state index contributed by atoms with van der Waals surface area (Å²) in [6.07, 6.45) is 0. The highest BCUT2D eigenvalue weighted by molar-refractivity contribution is 8.14. The third-order valence-corrected chi connectivity index (χ3v) is 3.16. The molecule has 1 unspecified atom stereocenters. The maximum absolute atomic E-state index is 11.8. The van der Waals surface area contributed by atoms with Crippen LogP contribution >= 0.6 is 11.8 Å². The first kappa shape index (κ1) is 18.0. The number of para-hydroxylation sites is 1. The van der Waals surface area contributed by atoms with Gasteiger partial charge in [-0.2, -0.15) is 0 Å². The van der Waals surface area contributed by atoms with Crippen LogP contribution in [-0.4, -0.2) is 39.0 Å². The Morgan fingerprint density at radius 3 is 2.40 bits per heavy atom. The van der Waals surface area contributed by atoms with E-state index in [0.717, 1.165) is 11.8 Å². The molecule has 0 aliphatic rings. The highest BCUT2D eigenvalue weighted by atomic mass is 32.2. The second kappa shape index (κ2) is 8.21. The van der Waals surface area contributed by atoms with Crippen LogP contribution in [0.2, 0.25) is 0 Å². The summed E-state index contributed by atoms with van der Waals surface area (Å²) in [5.41, 5.74) is 0.111. The quantitative estimate of drug-likeness (QED) is 0.761. The first-order chi connectivity index (χ1) is 8.91. The lowest BCUT2D eigenvalue weighted by molar-refractivity contribution is -0.140. The summed E-state index contributed by atoms with van der Waals surface area (Å²) < 4.78 is 0. The zero-order chi connectivity index (χ0) is 14.4. The summed E-state index contributed by atoms with van der Waals surface area (Å²) >= 11 is 0.728. The second-order valence-electron chi connectivity index (χ2n) is 3.71. The van der Waals surface area contributed by atoms with Crippen LogP contribution in [0.4, 0.5) is 0 Å². The van der Waals surface area contributed by atoms with Crippen LogP contribution in [-0.2, 0) is 9.59 Å². The van der Waals surface area contributed by atoms with Crippen LogP contribution in [0.5, 0.6) is 5.75 Å². The molecule has 0 saturated heterocycles. The molecule has 110 valence electrons. The molecule has 0 heterocycles. The molecule has 6 nitrogen and oxygen atoms in total. The van der Waals surface area contributed by atoms with Gasteiger partial charge in [0, 0.05) is 12.7 Å². The highest BCUT2D eigenvalue weighted by Gasteiger charge is 2.21. The zero-order valence-electron chi connectivity index (χ0n) is 10.1. The van der Waals surface area contributed by atoms with Gasteiger partial charge in [-0.05, 0) is 12.1 Å². The smallest absolute Gasteiger partial charge is 0.327 e. The Hall–Kier alpha value is -2.02. The maximum Gasteiger partial charge on any atom is 0.327 e. The first-order valence-electron chi connectivity index (χ1n) is 5.37. The van der Waals surface area contributed by atoms with Gasteiger partial charge >= 0.3 is 5.97 Å². The summed E-state index contributed by atoms with van der Waals surface area (Å²) in [7, 11) is 0. The van der Waals surface area contributed by atoms with E-state index < -0.39 is 23.0 Å². The number of aromatic hydroxyl groups is 1. The van der Waals surface area contributed by atoms with E-state index in [-0.39, 0.29) is 24.5 Å². The number of phenols is 1. The number of hydrogen-bond acceptors (Lipinski definition) is 5. The Labute approximate surface area is 121 Å². The van der Waals surface area contributed by atoms with Crippen molar-refractivity contribution < 1.29 is 24.6 Å². The first-order valence-corrected chi connectivity index (χ1v) is 6.35. The predicted octanol–water partition coefficient (Wildman–Crippen LogP) is 1.49. The van der Waals surface area contributed by atoms with Gasteiger partial charge in [0.2, 0.25) is 11.0 Å². The summed E-state index contributed by atoms with van der Waals surface area (Å²) in [6.45, 7) is 1.20. The van der Waals surface area contributed by atoms with Crippen molar-refractivity contribution in [2.24, 2.45) is 0 Å². The third-order valence-electron chi connectivity index (χ3n) is 2.18. The molecule has 0 aliphatic carbocycles. The van der Waals surface area contributed by atoms with E-state index in [2.05, 4.69) is 5.32 Å². The fourth-order valence-corrected chi connectivity index (χ4v) is 2.18. The second-order valence-corrected chi connectivity index (χ2v) is 4.70. The Morgan fingerprint density at radius 1 is 1.30 bits per heavy atom. The molecule has 1 atom stereocenters. The van der Waals surface area contributed by atoms with Crippen molar-refractivity contribution in [2.45, 2.75) is 20.4 Å². The van der Waals surface area contributed by atoms with Crippen LogP contribution in [0.25, 0.3) is 0 Å². The van der Waals surface area contributed by atoms with Gasteiger partial charge in [-0.25, -0.2) is 4.79 Å². The maximum atomic E-state index is 11.8. The largest absolute Gasteiger partial charge is 0.507 e. The van der Waals surface area contributed by atoms with Crippen molar-refractivity contribution in [2.75, 3.05) is 5.75 Å². The lowest BCUT2D eigenvalue weighted by Gasteiger charge is -2.12. The van der Waals surface area contributed by atoms with Gasteiger partial charge in [-0.1, -0.05) is 31.3 Å². The topological polar surface area (TPSA) is 104 Å². The molecular formula is C13H17NO5S. The van der Waals surface area contributed by atoms with Crippen LogP contribution in [0.15, 0.2) is 24.3 Å². The van der Waals surface area contributed by atoms with E-state index in [1.807, 2.05) is 0 Å². The van der Waals surface area contributed by atoms with Gasteiger partial charge in [0.15, 0.2) is 0 Å². The molecule has 1 aromatic carbocycles. The van der Waals surface area contributed by atoms with E-state index in [0.29, 0.717) is 0 Å². The Kier molecular flexibility index (Phi) is 7.38. The van der Waals surface area contributed by atoms with Gasteiger partial charge in [-0.3, -0.25) is 9.59 Å². The minimum Gasteiger partial charge on any atom is -0.507 e. The van der Waals surface area contributed by atoms with Crippen molar-refractivity contribution in [1.82, 2.24) is 5.32 Å². The molecule has 0 radical (unpaired) electrons. The molecule has 7 heteroatoms. The summed E-state index contributed by atoms with van der Waals surface area (Å²) in [6, 6.07) is 4.84. The van der Waals surface area contributed by atoms with Gasteiger partial charge in [0.25, 0.3) is 0 Å². The molecule has 1 rings (SSSR count). The number of amides is 1. The molecule has 0 aliphatic heterocycles. The SMILES string of the molecule is C.CC(=O)NC(CSC(=O)c1ccccc1O)C(=O)O. The highest BCUT2D eigenvalue weighted by Crippen LogP contribution is 2.22. The lowest BCUT2D eigenvalue weighted by Crippen LogP contribution is -2.41. The Bertz CT molecular complexity index is 503.